The van der Waals surface area contributed by atoms with Gasteiger partial charge in [0.25, 0.3) is 15.9 Å². The molecular formula is C23H23ClN2O4S. The van der Waals surface area contributed by atoms with Gasteiger partial charge in [0.1, 0.15) is 5.75 Å². The van der Waals surface area contributed by atoms with E-state index in [-0.39, 0.29) is 28.6 Å². The summed E-state index contributed by atoms with van der Waals surface area (Å²) < 4.78 is 32.9. The van der Waals surface area contributed by atoms with Gasteiger partial charge in [0.2, 0.25) is 0 Å². The normalized spacial score (nSPS) is 11.1. The van der Waals surface area contributed by atoms with Crippen molar-refractivity contribution < 1.29 is 17.9 Å². The number of para-hydroxylation sites is 1. The van der Waals surface area contributed by atoms with Crippen LogP contribution in [-0.4, -0.2) is 28.0 Å². The monoisotopic (exact) mass is 458 g/mol. The van der Waals surface area contributed by atoms with Crippen LogP contribution >= 0.6 is 11.6 Å². The van der Waals surface area contributed by atoms with Crippen molar-refractivity contribution >= 4 is 33.2 Å². The van der Waals surface area contributed by atoms with Gasteiger partial charge in [-0.2, -0.15) is 0 Å². The van der Waals surface area contributed by atoms with Crippen LogP contribution in [0.5, 0.6) is 5.75 Å². The smallest absolute Gasteiger partial charge is 0.264 e. The first kappa shape index (κ1) is 22.7. The van der Waals surface area contributed by atoms with E-state index in [9.17, 15) is 13.2 Å². The molecule has 0 heterocycles. The number of nitrogens with one attached hydrogen (secondary N) is 1. The fourth-order valence-corrected chi connectivity index (χ4v) is 4.78. The standard InChI is InChI=1S/C23H23ClN2O4S/c1-3-26(18-7-5-4-6-8-18)31(28,29)20-13-14-22(24)21(15-20)23(27)25-16-17-9-11-19(30-2)12-10-17/h4-15H,3,16H2,1-2H3,(H,25,27). The highest BCUT2D eigenvalue weighted by atomic mass is 35.5. The van der Waals surface area contributed by atoms with Gasteiger partial charge in [-0.05, 0) is 55.0 Å². The van der Waals surface area contributed by atoms with Gasteiger partial charge in [0.05, 0.1) is 28.3 Å². The van der Waals surface area contributed by atoms with E-state index in [0.717, 1.165) is 11.3 Å². The summed E-state index contributed by atoms with van der Waals surface area (Å²) in [4.78, 5) is 12.7. The number of benzene rings is 3. The van der Waals surface area contributed by atoms with Crippen molar-refractivity contribution in [1.82, 2.24) is 5.32 Å². The Balaban J connectivity index is 1.83. The molecule has 0 fully saturated rings. The van der Waals surface area contributed by atoms with E-state index in [1.807, 2.05) is 18.2 Å². The van der Waals surface area contributed by atoms with E-state index in [4.69, 9.17) is 16.3 Å². The van der Waals surface area contributed by atoms with Gasteiger partial charge in [-0.3, -0.25) is 9.10 Å². The maximum Gasteiger partial charge on any atom is 0.264 e. The Hall–Kier alpha value is -3.03. The molecule has 0 saturated carbocycles. The number of sulfonamides is 1. The number of amides is 1. The molecule has 0 aliphatic heterocycles. The Morgan fingerprint density at radius 1 is 1.03 bits per heavy atom. The summed E-state index contributed by atoms with van der Waals surface area (Å²) in [6, 6.07) is 20.2. The summed E-state index contributed by atoms with van der Waals surface area (Å²) >= 11 is 6.21. The Bertz CT molecular complexity index is 1150. The molecule has 0 unspecified atom stereocenters. The number of carbonyl (C=O) groups excluding carboxylic acids is 1. The van der Waals surface area contributed by atoms with Gasteiger partial charge in [0.15, 0.2) is 0 Å². The molecule has 0 aliphatic rings. The molecule has 0 bridgehead atoms. The fraction of sp³-hybridized carbons (Fsp3) is 0.174. The second-order valence-electron chi connectivity index (χ2n) is 6.68. The van der Waals surface area contributed by atoms with Gasteiger partial charge < -0.3 is 10.1 Å². The zero-order chi connectivity index (χ0) is 22.4. The molecule has 0 aliphatic carbocycles. The first-order valence-corrected chi connectivity index (χ1v) is 11.5. The Labute approximate surface area is 187 Å². The minimum absolute atomic E-state index is 0.00259. The average Bonchev–Trinajstić information content (AvgIpc) is 2.79. The third-order valence-corrected chi connectivity index (χ3v) is 6.94. The van der Waals surface area contributed by atoms with Crippen molar-refractivity contribution in [3.8, 4) is 5.75 Å². The predicted octanol–water partition coefficient (Wildman–Crippen LogP) is 4.49. The average molecular weight is 459 g/mol. The molecule has 3 rings (SSSR count). The number of hydrogen-bond donors (Lipinski definition) is 1. The maximum absolute atomic E-state index is 13.2. The lowest BCUT2D eigenvalue weighted by Crippen LogP contribution is -2.31. The van der Waals surface area contributed by atoms with Crippen molar-refractivity contribution in [2.24, 2.45) is 0 Å². The number of rotatable bonds is 8. The van der Waals surface area contributed by atoms with Crippen molar-refractivity contribution in [3.63, 3.8) is 0 Å². The van der Waals surface area contributed by atoms with Crippen LogP contribution in [0, 0.1) is 0 Å². The maximum atomic E-state index is 13.2. The SMILES string of the molecule is CCN(c1ccccc1)S(=O)(=O)c1ccc(Cl)c(C(=O)NCc2ccc(OC)cc2)c1. The quantitative estimate of drug-likeness (QED) is 0.539. The topological polar surface area (TPSA) is 75.7 Å². The van der Waals surface area contributed by atoms with Crippen LogP contribution in [0.15, 0.2) is 77.7 Å². The molecule has 3 aromatic rings. The predicted molar refractivity (Wildman–Crippen MR) is 122 cm³/mol. The molecule has 0 radical (unpaired) electrons. The van der Waals surface area contributed by atoms with Crippen LogP contribution in [0.3, 0.4) is 0 Å². The zero-order valence-electron chi connectivity index (χ0n) is 17.2. The van der Waals surface area contributed by atoms with E-state index < -0.39 is 15.9 Å². The van der Waals surface area contributed by atoms with Crippen molar-refractivity contribution in [1.29, 1.82) is 0 Å². The molecule has 0 saturated heterocycles. The lowest BCUT2D eigenvalue weighted by Gasteiger charge is -2.23. The second kappa shape index (κ2) is 9.85. The third kappa shape index (κ3) is 5.18. The number of carbonyl (C=O) groups is 1. The summed E-state index contributed by atoms with van der Waals surface area (Å²) in [7, 11) is -2.29. The zero-order valence-corrected chi connectivity index (χ0v) is 18.8. The van der Waals surface area contributed by atoms with Crippen molar-refractivity contribution in [3.05, 3.63) is 88.9 Å². The summed E-state index contributed by atoms with van der Waals surface area (Å²) in [6.45, 7) is 2.26. The van der Waals surface area contributed by atoms with E-state index in [1.54, 1.807) is 50.4 Å². The minimum Gasteiger partial charge on any atom is -0.497 e. The van der Waals surface area contributed by atoms with E-state index in [1.165, 1.54) is 22.5 Å². The Kier molecular flexibility index (Phi) is 7.20. The van der Waals surface area contributed by atoms with Crippen LogP contribution in [0.4, 0.5) is 5.69 Å². The molecule has 0 aromatic heterocycles. The molecule has 8 heteroatoms. The van der Waals surface area contributed by atoms with Crippen LogP contribution in [0.2, 0.25) is 5.02 Å². The highest BCUT2D eigenvalue weighted by molar-refractivity contribution is 7.92. The number of hydrogen-bond acceptors (Lipinski definition) is 4. The molecule has 31 heavy (non-hydrogen) atoms. The first-order valence-electron chi connectivity index (χ1n) is 9.65. The molecule has 1 N–H and O–H groups in total. The molecule has 3 aromatic carbocycles. The fourth-order valence-electron chi connectivity index (χ4n) is 3.07. The summed E-state index contributed by atoms with van der Waals surface area (Å²) in [5.74, 6) is 0.260. The summed E-state index contributed by atoms with van der Waals surface area (Å²) in [6.07, 6.45) is 0. The van der Waals surface area contributed by atoms with Crippen LogP contribution in [-0.2, 0) is 16.6 Å². The lowest BCUT2D eigenvalue weighted by molar-refractivity contribution is 0.0951. The van der Waals surface area contributed by atoms with E-state index >= 15 is 0 Å². The largest absolute Gasteiger partial charge is 0.497 e. The molecule has 1 amide bonds. The van der Waals surface area contributed by atoms with Crippen LogP contribution < -0.4 is 14.4 Å². The highest BCUT2D eigenvalue weighted by Crippen LogP contribution is 2.26. The number of anilines is 1. The van der Waals surface area contributed by atoms with Crippen LogP contribution in [0.25, 0.3) is 0 Å². The summed E-state index contributed by atoms with van der Waals surface area (Å²) in [5, 5.41) is 2.95. The van der Waals surface area contributed by atoms with E-state index in [2.05, 4.69) is 5.32 Å². The first-order chi connectivity index (χ1) is 14.9. The number of halogens is 1. The van der Waals surface area contributed by atoms with Gasteiger partial charge in [-0.25, -0.2) is 8.42 Å². The Morgan fingerprint density at radius 2 is 1.71 bits per heavy atom. The minimum atomic E-state index is -3.87. The van der Waals surface area contributed by atoms with Gasteiger partial charge in [-0.1, -0.05) is 41.9 Å². The molecular weight excluding hydrogens is 436 g/mol. The number of nitrogens with zero attached hydrogens (tertiary/aromatic N) is 1. The number of ether oxygens (including phenoxy) is 1. The summed E-state index contributed by atoms with van der Waals surface area (Å²) in [5.41, 5.74) is 1.51. The molecule has 6 nitrogen and oxygen atoms in total. The Morgan fingerprint density at radius 3 is 2.32 bits per heavy atom. The molecule has 0 spiro atoms. The van der Waals surface area contributed by atoms with E-state index in [0.29, 0.717) is 5.69 Å². The van der Waals surface area contributed by atoms with Crippen LogP contribution in [0.1, 0.15) is 22.8 Å². The van der Waals surface area contributed by atoms with Gasteiger partial charge >= 0.3 is 0 Å². The highest BCUT2D eigenvalue weighted by Gasteiger charge is 2.25. The van der Waals surface area contributed by atoms with Gasteiger partial charge in [0, 0.05) is 13.1 Å². The van der Waals surface area contributed by atoms with Gasteiger partial charge in [-0.15, -0.1) is 0 Å². The van der Waals surface area contributed by atoms with Crippen molar-refractivity contribution in [2.45, 2.75) is 18.4 Å². The molecule has 0 atom stereocenters. The van der Waals surface area contributed by atoms with Crippen molar-refractivity contribution in [2.75, 3.05) is 18.0 Å². The number of methoxy groups -OCH3 is 1. The molecule has 162 valence electrons. The second-order valence-corrected chi connectivity index (χ2v) is 8.95. The lowest BCUT2D eigenvalue weighted by atomic mass is 10.2. The third-order valence-electron chi connectivity index (χ3n) is 4.71.